The first kappa shape index (κ1) is 22.2. The van der Waals surface area contributed by atoms with Crippen molar-refractivity contribution in [1.29, 1.82) is 0 Å². The van der Waals surface area contributed by atoms with Crippen LogP contribution in [0, 0.1) is 0 Å². The maximum absolute atomic E-state index is 6.99. The van der Waals surface area contributed by atoms with Crippen molar-refractivity contribution in [3.05, 3.63) is 126 Å². The molecule has 0 fully saturated rings. The Morgan fingerprint density at radius 2 is 0.931 bits per heavy atom. The summed E-state index contributed by atoms with van der Waals surface area (Å²) in [6.45, 7) is 0. The summed E-state index contributed by atoms with van der Waals surface area (Å²) in [5.74, 6) is 0. The monoisotopic (exact) mass is 526 g/mol. The molecule has 0 amide bonds. The Morgan fingerprint density at radius 1 is 0.517 bits per heavy atom. The van der Waals surface area contributed by atoms with Crippen molar-refractivity contribution in [2.75, 3.05) is 0 Å². The molecule has 0 N–H and O–H groups in total. The molecule has 0 aromatic heterocycles. The van der Waals surface area contributed by atoms with Gasteiger partial charge in [-0.25, -0.2) is 0 Å². The summed E-state index contributed by atoms with van der Waals surface area (Å²) in [5.41, 5.74) is 1.81. The third-order valence-corrected chi connectivity index (χ3v) is 7.99. The Morgan fingerprint density at radius 3 is 1.45 bits per heavy atom. The first-order valence-electron chi connectivity index (χ1n) is 9.11. The molecule has 0 saturated carbocycles. The summed E-state index contributed by atoms with van der Waals surface area (Å²) in [4.78, 5) is 0. The summed E-state index contributed by atoms with van der Waals surface area (Å²) in [6, 6.07) is 39.3. The first-order chi connectivity index (χ1) is 13.7. The molecule has 4 aromatic rings. The zero-order chi connectivity index (χ0) is 19.4. The van der Waals surface area contributed by atoms with Gasteiger partial charge < -0.3 is 0 Å². The third kappa shape index (κ3) is 4.83. The molecule has 29 heavy (non-hydrogen) atoms. The van der Waals surface area contributed by atoms with Crippen molar-refractivity contribution in [3.8, 4) is 0 Å². The van der Waals surface area contributed by atoms with Crippen LogP contribution in [0.2, 0.25) is 0 Å². The number of benzene rings is 4. The minimum atomic E-state index is -1.12. The van der Waals surface area contributed by atoms with Crippen molar-refractivity contribution in [2.45, 2.75) is 4.33 Å². The first-order valence-corrected chi connectivity index (χ1v) is 11.2. The van der Waals surface area contributed by atoms with E-state index in [1.54, 1.807) is 0 Å². The van der Waals surface area contributed by atoms with Crippen LogP contribution in [-0.2, 0) is 24.8 Å². The van der Waals surface area contributed by atoms with Gasteiger partial charge in [0.1, 0.15) is 0 Å². The molecular weight excluding hydrogens is 509 g/mol. The van der Waals surface area contributed by atoms with Gasteiger partial charge in [0.25, 0.3) is 0 Å². The van der Waals surface area contributed by atoms with Crippen molar-refractivity contribution in [1.82, 2.24) is 0 Å². The molecule has 0 radical (unpaired) electrons. The fraction of sp³-hybridized carbons (Fsp3) is 0.0400. The van der Waals surface area contributed by atoms with Crippen LogP contribution in [0.5, 0.6) is 0 Å². The van der Waals surface area contributed by atoms with Crippen molar-refractivity contribution in [3.63, 3.8) is 0 Å². The predicted molar refractivity (Wildman–Crippen MR) is 124 cm³/mol. The van der Waals surface area contributed by atoms with Gasteiger partial charge in [0.15, 0.2) is 4.33 Å². The van der Waals surface area contributed by atoms with E-state index in [1.165, 1.54) is 15.9 Å². The van der Waals surface area contributed by atoms with E-state index in [0.29, 0.717) is 0 Å². The van der Waals surface area contributed by atoms with Gasteiger partial charge >= 0.3 is 20.4 Å². The van der Waals surface area contributed by atoms with E-state index in [9.17, 15) is 0 Å². The van der Waals surface area contributed by atoms with Crippen LogP contribution in [0.3, 0.4) is 0 Å². The molecule has 4 rings (SSSR count). The fourth-order valence-corrected chi connectivity index (χ4v) is 6.55. The Balaban J connectivity index is 0.00000240. The molecule has 4 aromatic carbocycles. The summed E-state index contributed by atoms with van der Waals surface area (Å²) in [6.07, 6.45) is 0. The fourth-order valence-electron chi connectivity index (χ4n) is 3.32. The Hall–Kier alpha value is -1.45. The van der Waals surface area contributed by atoms with Crippen molar-refractivity contribution < 1.29 is 20.4 Å². The number of halogens is 2. The van der Waals surface area contributed by atoms with Gasteiger partial charge in [0.2, 0.25) is 0 Å². The Bertz CT molecular complexity index is 998. The van der Waals surface area contributed by atoms with Gasteiger partial charge in [-0.15, -0.1) is 0 Å². The van der Waals surface area contributed by atoms with E-state index >= 15 is 0 Å². The maximum Gasteiger partial charge on any atom is 2.00 e. The summed E-state index contributed by atoms with van der Waals surface area (Å²) >= 11 is 14.0. The second kappa shape index (κ2) is 10.0. The molecule has 0 aliphatic heterocycles. The molecular formula is C25H19Cl2PPd+2. The number of hydrogen-bond acceptors (Lipinski definition) is 0. The van der Waals surface area contributed by atoms with E-state index in [-0.39, 0.29) is 20.4 Å². The normalized spacial score (nSPS) is 11.1. The van der Waals surface area contributed by atoms with E-state index in [1.807, 2.05) is 54.6 Å². The van der Waals surface area contributed by atoms with Gasteiger partial charge in [-0.2, -0.15) is 0 Å². The maximum atomic E-state index is 6.99. The number of alkyl halides is 2. The Kier molecular flexibility index (Phi) is 7.70. The SMILES string of the molecule is ClC(Cl)(c1ccccc1)c1ccccc1P(c1ccccc1)c1ccccc1.[Pd+2]. The van der Waals surface area contributed by atoms with Gasteiger partial charge in [-0.1, -0.05) is 138 Å². The average molecular weight is 528 g/mol. The van der Waals surface area contributed by atoms with Crippen LogP contribution in [0.4, 0.5) is 0 Å². The molecule has 0 bridgehead atoms. The molecule has 0 aliphatic rings. The van der Waals surface area contributed by atoms with E-state index in [2.05, 4.69) is 60.7 Å². The topological polar surface area (TPSA) is 0 Å². The van der Waals surface area contributed by atoms with Crippen LogP contribution in [-0.4, -0.2) is 0 Å². The van der Waals surface area contributed by atoms with Crippen LogP contribution in [0.25, 0.3) is 0 Å². The zero-order valence-corrected chi connectivity index (χ0v) is 19.4. The van der Waals surface area contributed by atoms with Crippen LogP contribution in [0.1, 0.15) is 11.1 Å². The molecule has 0 spiro atoms. The molecule has 0 atom stereocenters. The molecule has 0 heterocycles. The van der Waals surface area contributed by atoms with E-state index < -0.39 is 12.3 Å². The van der Waals surface area contributed by atoms with Crippen LogP contribution < -0.4 is 15.9 Å². The Labute approximate surface area is 197 Å². The molecule has 146 valence electrons. The average Bonchev–Trinajstić information content (AvgIpc) is 2.76. The minimum Gasteiger partial charge on any atom is -0.0909 e. The van der Waals surface area contributed by atoms with E-state index in [0.717, 1.165) is 11.1 Å². The number of hydrogen-bond donors (Lipinski definition) is 0. The second-order valence-electron chi connectivity index (χ2n) is 6.46. The summed E-state index contributed by atoms with van der Waals surface area (Å²) in [5, 5.41) is 3.71. The quantitative estimate of drug-likeness (QED) is 0.167. The standard InChI is InChI=1S/C25H19Cl2P.Pd/c26-25(27,20-12-4-1-5-13-20)23-18-10-11-19-24(23)28(21-14-6-2-7-15-21)22-16-8-3-9-17-22;/h1-19H;/q;+2. The summed E-state index contributed by atoms with van der Waals surface area (Å²) < 4.78 is -1.12. The minimum absolute atomic E-state index is 0. The second-order valence-corrected chi connectivity index (χ2v) is 9.98. The largest absolute Gasteiger partial charge is 2.00 e. The van der Waals surface area contributed by atoms with Crippen molar-refractivity contribution in [2.24, 2.45) is 0 Å². The number of rotatable bonds is 5. The predicted octanol–water partition coefficient (Wildman–Crippen LogP) is 6.12. The van der Waals surface area contributed by atoms with Crippen molar-refractivity contribution >= 4 is 47.0 Å². The molecule has 0 nitrogen and oxygen atoms in total. The molecule has 0 unspecified atom stereocenters. The van der Waals surface area contributed by atoms with E-state index in [4.69, 9.17) is 23.2 Å². The van der Waals surface area contributed by atoms with Gasteiger partial charge in [0.05, 0.1) is 0 Å². The zero-order valence-electron chi connectivity index (χ0n) is 15.5. The van der Waals surface area contributed by atoms with Crippen LogP contribution in [0.15, 0.2) is 115 Å². The summed E-state index contributed by atoms with van der Waals surface area (Å²) in [7, 11) is -0.790. The molecule has 0 aliphatic carbocycles. The third-order valence-electron chi connectivity index (χ3n) is 4.65. The smallest absolute Gasteiger partial charge is 0.0909 e. The van der Waals surface area contributed by atoms with Gasteiger partial charge in [-0.05, 0) is 29.4 Å². The molecule has 4 heteroatoms. The van der Waals surface area contributed by atoms with Gasteiger partial charge in [0, 0.05) is 5.56 Å². The molecule has 0 saturated heterocycles. The van der Waals surface area contributed by atoms with Gasteiger partial charge in [-0.3, -0.25) is 0 Å². The van der Waals surface area contributed by atoms with Crippen LogP contribution >= 0.6 is 31.1 Å².